The van der Waals surface area contributed by atoms with Gasteiger partial charge in [0.2, 0.25) is 0 Å². The molecule has 1 N–H and O–H groups in total. The Balaban J connectivity index is 1.95. The number of benzene rings is 2. The average Bonchev–Trinajstić information content (AvgIpc) is 3.14. The summed E-state index contributed by atoms with van der Waals surface area (Å²) in [6, 6.07) is 9.89. The van der Waals surface area contributed by atoms with Crippen molar-refractivity contribution in [3.63, 3.8) is 0 Å². The van der Waals surface area contributed by atoms with Gasteiger partial charge in [-0.15, -0.1) is 0 Å². The third-order valence-electron chi connectivity index (χ3n) is 5.15. The van der Waals surface area contributed by atoms with Crippen molar-refractivity contribution in [2.24, 2.45) is 0 Å². The first kappa shape index (κ1) is 23.9. The number of carbonyl (C=O) groups is 1. The molecule has 2 heterocycles. The predicted octanol–water partition coefficient (Wildman–Crippen LogP) is 5.72. The van der Waals surface area contributed by atoms with Crippen LogP contribution < -0.4 is 9.47 Å². The first-order chi connectivity index (χ1) is 16.5. The van der Waals surface area contributed by atoms with E-state index in [4.69, 9.17) is 9.84 Å². The number of aryl methyl sites for hydroxylation is 1. The second-order valence-corrected chi connectivity index (χ2v) is 7.34. The van der Waals surface area contributed by atoms with Crippen LogP contribution in [0, 0.1) is 6.92 Å². The lowest BCUT2D eigenvalue weighted by Gasteiger charge is -2.14. The zero-order valence-corrected chi connectivity index (χ0v) is 18.1. The monoisotopic (exact) mass is 493 g/mol. The number of carboxylic acid groups (broad SMARTS) is 1. The molecule has 0 saturated heterocycles. The molecule has 2 aromatic carbocycles. The van der Waals surface area contributed by atoms with Gasteiger partial charge >= 0.3 is 18.8 Å². The highest BCUT2D eigenvalue weighted by atomic mass is 19.4. The fourth-order valence-corrected chi connectivity index (χ4v) is 3.61. The van der Waals surface area contributed by atoms with Gasteiger partial charge in [0.25, 0.3) is 0 Å². The Bertz CT molecular complexity index is 1420. The number of hydrogen-bond acceptors (Lipinski definition) is 5. The molecule has 4 rings (SSSR count). The van der Waals surface area contributed by atoms with Gasteiger partial charge in [-0.2, -0.15) is 27.1 Å². The van der Waals surface area contributed by atoms with Crippen molar-refractivity contribution >= 4 is 17.0 Å². The molecule has 2 aromatic heterocycles. The Morgan fingerprint density at radius 3 is 2.31 bits per heavy atom. The van der Waals surface area contributed by atoms with Crippen LogP contribution in [-0.4, -0.2) is 39.6 Å². The summed E-state index contributed by atoms with van der Waals surface area (Å²) in [5, 5.41) is 13.1. The number of hydrogen-bond donors (Lipinski definition) is 1. The Kier molecular flexibility index (Phi) is 6.05. The molecule has 0 unspecified atom stereocenters. The van der Waals surface area contributed by atoms with Gasteiger partial charge in [-0.05, 0) is 55.5 Å². The Morgan fingerprint density at radius 2 is 1.74 bits per heavy atom. The first-order valence-electron chi connectivity index (χ1n) is 9.94. The first-order valence-corrected chi connectivity index (χ1v) is 9.94. The number of fused-ring (bicyclic) bond motifs is 1. The van der Waals surface area contributed by atoms with E-state index < -0.39 is 24.3 Å². The normalized spacial score (nSPS) is 11.8. The third-order valence-corrected chi connectivity index (χ3v) is 5.15. The van der Waals surface area contributed by atoms with Crippen molar-refractivity contribution < 1.29 is 41.3 Å². The lowest BCUT2D eigenvalue weighted by Crippen LogP contribution is -2.08. The molecule has 0 amide bonds. The van der Waals surface area contributed by atoms with Crippen molar-refractivity contribution in [3.8, 4) is 28.4 Å². The van der Waals surface area contributed by atoms with Crippen LogP contribution in [0.5, 0.6) is 11.5 Å². The van der Waals surface area contributed by atoms with Gasteiger partial charge in [-0.3, -0.25) is 0 Å². The van der Waals surface area contributed by atoms with Gasteiger partial charge in [-0.1, -0.05) is 0 Å². The van der Waals surface area contributed by atoms with Crippen molar-refractivity contribution in [3.05, 3.63) is 65.4 Å². The van der Waals surface area contributed by atoms with Crippen molar-refractivity contribution in [1.29, 1.82) is 0 Å². The van der Waals surface area contributed by atoms with E-state index in [2.05, 4.69) is 14.8 Å². The van der Waals surface area contributed by atoms with Gasteiger partial charge < -0.3 is 14.6 Å². The van der Waals surface area contributed by atoms with Gasteiger partial charge in [0.05, 0.1) is 40.7 Å². The molecule has 35 heavy (non-hydrogen) atoms. The quantitative estimate of drug-likeness (QED) is 0.346. The summed E-state index contributed by atoms with van der Waals surface area (Å²) < 4.78 is 78.0. The van der Waals surface area contributed by atoms with Crippen molar-refractivity contribution in [1.82, 2.24) is 14.8 Å². The van der Waals surface area contributed by atoms with Gasteiger partial charge in [0, 0.05) is 5.56 Å². The summed E-state index contributed by atoms with van der Waals surface area (Å²) in [4.78, 5) is 15.5. The number of alkyl halides is 5. The van der Waals surface area contributed by atoms with Crippen molar-refractivity contribution in [2.75, 3.05) is 7.11 Å². The van der Waals surface area contributed by atoms with Crippen LogP contribution >= 0.6 is 0 Å². The Hall–Kier alpha value is -4.22. The third kappa shape index (κ3) is 4.59. The minimum absolute atomic E-state index is 0.00948. The zero-order chi connectivity index (χ0) is 25.5. The molecular formula is C23H16F5N3O4. The average molecular weight is 493 g/mol. The number of aromatic carboxylic acids is 1. The maximum absolute atomic E-state index is 14.0. The molecule has 12 heteroatoms. The predicted molar refractivity (Wildman–Crippen MR) is 114 cm³/mol. The molecular weight excluding hydrogens is 477 g/mol. The highest BCUT2D eigenvalue weighted by Crippen LogP contribution is 2.40. The number of halogens is 5. The summed E-state index contributed by atoms with van der Waals surface area (Å²) in [7, 11) is 1.20. The van der Waals surface area contributed by atoms with Crippen LogP contribution in [0.1, 0.15) is 21.6 Å². The number of methoxy groups -OCH3 is 1. The Morgan fingerprint density at radius 1 is 1.06 bits per heavy atom. The number of rotatable bonds is 6. The minimum atomic E-state index is -4.76. The molecule has 0 bridgehead atoms. The lowest BCUT2D eigenvalue weighted by molar-refractivity contribution is -0.136. The van der Waals surface area contributed by atoms with E-state index in [1.807, 2.05) is 0 Å². The molecule has 4 aromatic rings. The summed E-state index contributed by atoms with van der Waals surface area (Å²) >= 11 is 0. The summed E-state index contributed by atoms with van der Waals surface area (Å²) in [6.07, 6.45) is -4.76. The van der Waals surface area contributed by atoms with E-state index in [9.17, 15) is 26.7 Å². The van der Waals surface area contributed by atoms with Crippen LogP contribution in [0.15, 0.2) is 48.5 Å². The van der Waals surface area contributed by atoms with Gasteiger partial charge in [0.1, 0.15) is 0 Å². The molecule has 0 fully saturated rings. The molecule has 0 aliphatic carbocycles. The maximum atomic E-state index is 14.0. The zero-order valence-electron chi connectivity index (χ0n) is 18.1. The molecule has 0 aliphatic rings. The van der Waals surface area contributed by atoms with E-state index in [-0.39, 0.29) is 45.0 Å². The molecule has 182 valence electrons. The fraction of sp³-hybridized carbons (Fsp3) is 0.174. The van der Waals surface area contributed by atoms with Crippen LogP contribution in [0.4, 0.5) is 22.0 Å². The number of nitrogens with zero attached hydrogens (tertiary/aromatic N) is 3. The van der Waals surface area contributed by atoms with E-state index in [0.717, 1.165) is 12.1 Å². The standard InChI is InChI=1S/C23H16F5N3O4/c1-11-19-15(23(26,27)28)10-16(13-5-8-17(35-22(24)25)18(9-13)34-2)29-20(19)31(30-11)14-6-3-12(4-7-14)21(32)33/h3-10,22H,1-2H3,(H,32,33). The van der Waals surface area contributed by atoms with E-state index in [0.29, 0.717) is 5.69 Å². The Labute approximate surface area is 194 Å². The topological polar surface area (TPSA) is 86.5 Å². The van der Waals surface area contributed by atoms with E-state index >= 15 is 0 Å². The van der Waals surface area contributed by atoms with E-state index in [1.165, 1.54) is 55.1 Å². The van der Waals surface area contributed by atoms with Crippen LogP contribution in [0.3, 0.4) is 0 Å². The van der Waals surface area contributed by atoms with Crippen LogP contribution in [0.25, 0.3) is 28.0 Å². The number of pyridine rings is 1. The molecule has 7 nitrogen and oxygen atoms in total. The highest BCUT2D eigenvalue weighted by Gasteiger charge is 2.36. The summed E-state index contributed by atoms with van der Waals surface area (Å²) in [5.41, 5.74) is -0.726. The van der Waals surface area contributed by atoms with Crippen LogP contribution in [0.2, 0.25) is 0 Å². The smallest absolute Gasteiger partial charge is 0.417 e. The summed E-state index contributed by atoms with van der Waals surface area (Å²) in [6.45, 7) is -1.72. The molecule has 0 saturated carbocycles. The van der Waals surface area contributed by atoms with Crippen molar-refractivity contribution in [2.45, 2.75) is 19.7 Å². The number of aromatic nitrogens is 3. The minimum Gasteiger partial charge on any atom is -0.493 e. The maximum Gasteiger partial charge on any atom is 0.417 e. The molecule has 0 atom stereocenters. The second kappa shape index (κ2) is 8.85. The number of carboxylic acids is 1. The van der Waals surface area contributed by atoms with E-state index in [1.54, 1.807) is 0 Å². The highest BCUT2D eigenvalue weighted by molar-refractivity contribution is 5.89. The van der Waals surface area contributed by atoms with Gasteiger partial charge in [0.15, 0.2) is 17.1 Å². The molecule has 0 aliphatic heterocycles. The fourth-order valence-electron chi connectivity index (χ4n) is 3.61. The second-order valence-electron chi connectivity index (χ2n) is 7.34. The lowest BCUT2D eigenvalue weighted by atomic mass is 10.0. The van der Waals surface area contributed by atoms with Gasteiger partial charge in [-0.25, -0.2) is 14.5 Å². The number of ether oxygens (including phenoxy) is 2. The molecule has 0 spiro atoms. The summed E-state index contributed by atoms with van der Waals surface area (Å²) in [5.74, 6) is -1.57. The van der Waals surface area contributed by atoms with Crippen LogP contribution in [-0.2, 0) is 6.18 Å². The molecule has 0 radical (unpaired) electrons. The largest absolute Gasteiger partial charge is 0.493 e. The SMILES string of the molecule is COc1cc(-c2cc(C(F)(F)F)c3c(C)nn(-c4ccc(C(=O)O)cc4)c3n2)ccc1OC(F)F.